The predicted octanol–water partition coefficient (Wildman–Crippen LogP) is 1.02. The monoisotopic (exact) mass is 439 g/mol. The summed E-state index contributed by atoms with van der Waals surface area (Å²) in [6, 6.07) is 0. The molecule has 0 saturated heterocycles. The van der Waals surface area contributed by atoms with Crippen molar-refractivity contribution in [1.82, 2.24) is 0 Å². The number of halogens is 2. The van der Waals surface area contributed by atoms with Crippen molar-refractivity contribution in [2.75, 3.05) is 7.11 Å². The van der Waals surface area contributed by atoms with Gasteiger partial charge < -0.3 is 14.9 Å². The molecule has 0 heterocycles. The number of aliphatic hydroxyl groups is 2. The zero-order valence-electron chi connectivity index (χ0n) is 6.62. The average molecular weight is 439 g/mol. The normalized spacial score (nSPS) is 9.50. The van der Waals surface area contributed by atoms with Gasteiger partial charge in [0.2, 0.25) is 0 Å². The van der Waals surface area contributed by atoms with Crippen LogP contribution < -0.4 is 0 Å². The van der Waals surface area contributed by atoms with Crippen molar-refractivity contribution in [3.8, 4) is 0 Å². The van der Waals surface area contributed by atoms with Crippen LogP contribution in [0, 0.1) is 0 Å². The molecule has 0 aromatic carbocycles. The van der Waals surface area contributed by atoms with Crippen LogP contribution in [0.5, 0.6) is 0 Å². The van der Waals surface area contributed by atoms with E-state index in [1.807, 2.05) is 0 Å². The van der Waals surface area contributed by atoms with E-state index in [0.29, 0.717) is 9.47 Å². The van der Waals surface area contributed by atoms with E-state index in [9.17, 15) is 4.79 Å². The second kappa shape index (κ2) is 9.01. The van der Waals surface area contributed by atoms with E-state index in [1.165, 1.54) is 7.11 Å². The van der Waals surface area contributed by atoms with Crippen LogP contribution in [0.3, 0.4) is 0 Å². The summed E-state index contributed by atoms with van der Waals surface area (Å²) < 4.78 is 4.17. The Labute approximate surface area is 100 Å². The number of esters is 1. The summed E-state index contributed by atoms with van der Waals surface area (Å²) in [6.07, 6.45) is -0.399. The number of methoxy groups -OCH3 is 1. The van der Waals surface area contributed by atoms with Gasteiger partial charge in [0.05, 0.1) is 13.5 Å². The minimum atomic E-state index is -1.95. The SMILES string of the molecule is COC(=O)CC(C)(O)O.[I][V][I]. The third-order valence-electron chi connectivity index (χ3n) is 0.707. The first-order valence-corrected chi connectivity index (χ1v) is 11.8. The van der Waals surface area contributed by atoms with Crippen molar-refractivity contribution in [3.63, 3.8) is 0 Å². The molecule has 0 saturated carbocycles. The molecule has 7 heteroatoms. The van der Waals surface area contributed by atoms with Gasteiger partial charge in [0.15, 0.2) is 5.79 Å². The summed E-state index contributed by atoms with van der Waals surface area (Å²) in [6.45, 7) is 1.12. The van der Waals surface area contributed by atoms with Gasteiger partial charge in [-0.25, -0.2) is 0 Å². The Kier molecular flexibility index (Phi) is 11.9. The molecule has 0 aliphatic heterocycles. The van der Waals surface area contributed by atoms with Crippen LogP contribution in [0.25, 0.3) is 0 Å². The molecule has 0 aromatic heterocycles. The number of hydrogen-bond donors (Lipinski definition) is 2. The number of rotatable bonds is 2. The van der Waals surface area contributed by atoms with Crippen molar-refractivity contribution in [2.24, 2.45) is 0 Å². The summed E-state index contributed by atoms with van der Waals surface area (Å²) in [5.41, 5.74) is 0. The standard InChI is InChI=1S/C5H10O4.2HI.V/c1-5(7,8)3-4(6)9-2;;;/h7-8H,3H2,1-2H3;2*1H;/q;;;+2/p-2. The summed E-state index contributed by atoms with van der Waals surface area (Å²) >= 11 is 4.74. The third-order valence-corrected chi connectivity index (χ3v) is 0.707. The van der Waals surface area contributed by atoms with Gasteiger partial charge in [0.25, 0.3) is 0 Å². The molecule has 0 aromatic rings. The van der Waals surface area contributed by atoms with E-state index >= 15 is 0 Å². The number of carbonyl (C=O) groups excluding carboxylic acids is 1. The zero-order chi connectivity index (χ0) is 10.2. The summed E-state index contributed by atoms with van der Waals surface area (Å²) in [4.78, 5) is 10.3. The molecule has 0 atom stereocenters. The fraction of sp³-hybridized carbons (Fsp3) is 0.800. The molecule has 4 nitrogen and oxygen atoms in total. The van der Waals surface area contributed by atoms with E-state index in [4.69, 9.17) is 10.2 Å². The minimum absolute atomic E-state index is 0.399. The Bertz CT molecular complexity index is 125. The summed E-state index contributed by atoms with van der Waals surface area (Å²) in [5, 5.41) is 17.1. The second-order valence-electron chi connectivity index (χ2n) is 2.03. The molecule has 0 amide bonds. The van der Waals surface area contributed by atoms with Crippen molar-refractivity contribution in [1.29, 1.82) is 0 Å². The average Bonchev–Trinajstić information content (AvgIpc) is 1.86. The maximum absolute atomic E-state index is 10.3. The van der Waals surface area contributed by atoms with E-state index in [1.54, 1.807) is 0 Å². The molecule has 2 N–H and O–H groups in total. The first kappa shape index (κ1) is 15.9. The van der Waals surface area contributed by atoms with Crippen LogP contribution in [-0.4, -0.2) is 29.1 Å². The van der Waals surface area contributed by atoms with Gasteiger partial charge in [0, 0.05) is 0 Å². The van der Waals surface area contributed by atoms with Gasteiger partial charge in [-0.2, -0.15) is 0 Å². The maximum atomic E-state index is 10.3. The molecular formula is C5H10I2O4V. The van der Waals surface area contributed by atoms with E-state index in [0.717, 1.165) is 6.92 Å². The molecule has 0 fully saturated rings. The molecular weight excluding hydrogens is 429 g/mol. The van der Waals surface area contributed by atoms with Crippen molar-refractivity contribution in [2.45, 2.75) is 19.1 Å². The van der Waals surface area contributed by atoms with Crippen LogP contribution in [0.15, 0.2) is 0 Å². The van der Waals surface area contributed by atoms with Crippen LogP contribution in [0.4, 0.5) is 0 Å². The molecule has 0 bridgehead atoms. The number of hydrogen-bond acceptors (Lipinski definition) is 4. The van der Waals surface area contributed by atoms with E-state index in [-0.39, 0.29) is 0 Å². The molecule has 73 valence electrons. The van der Waals surface area contributed by atoms with Gasteiger partial charge in [-0.05, 0) is 6.92 Å². The predicted molar refractivity (Wildman–Crippen MR) is 57.5 cm³/mol. The Hall–Kier alpha value is 1.43. The summed E-state index contributed by atoms with van der Waals surface area (Å²) in [7, 11) is 1.82. The number of ether oxygens (including phenoxy) is 1. The van der Waals surface area contributed by atoms with Crippen LogP contribution in [0.2, 0.25) is 0 Å². The van der Waals surface area contributed by atoms with Crippen LogP contribution in [-0.2, 0) is 19.0 Å². The Morgan fingerprint density at radius 1 is 1.58 bits per heavy atom. The molecule has 0 aliphatic carbocycles. The third kappa shape index (κ3) is 17.5. The van der Waals surface area contributed by atoms with Crippen molar-refractivity contribution >= 4 is 45.9 Å². The Balaban J connectivity index is 0. The summed E-state index contributed by atoms with van der Waals surface area (Å²) in [5.74, 6) is -2.59. The molecule has 0 aliphatic rings. The Morgan fingerprint density at radius 3 is 2.00 bits per heavy atom. The van der Waals surface area contributed by atoms with Crippen LogP contribution >= 0.6 is 40.0 Å². The quantitative estimate of drug-likeness (QED) is 0.384. The molecule has 0 unspecified atom stereocenters. The Morgan fingerprint density at radius 2 is 1.92 bits per heavy atom. The van der Waals surface area contributed by atoms with Crippen LogP contribution in [0.1, 0.15) is 13.3 Å². The van der Waals surface area contributed by atoms with Gasteiger partial charge in [-0.1, -0.05) is 0 Å². The van der Waals surface area contributed by atoms with Crippen molar-refractivity contribution in [3.05, 3.63) is 0 Å². The topological polar surface area (TPSA) is 66.8 Å². The zero-order valence-corrected chi connectivity index (χ0v) is 12.3. The van der Waals surface area contributed by atoms with Gasteiger partial charge in [-0.15, -0.1) is 0 Å². The first-order valence-electron chi connectivity index (χ1n) is 2.81. The van der Waals surface area contributed by atoms with E-state index in [2.05, 4.69) is 44.7 Å². The number of carbonyl (C=O) groups is 1. The van der Waals surface area contributed by atoms with Gasteiger partial charge >= 0.3 is 55.4 Å². The fourth-order valence-corrected chi connectivity index (χ4v) is 0.346. The van der Waals surface area contributed by atoms with Crippen molar-refractivity contribution < 1.29 is 29.2 Å². The fourth-order valence-electron chi connectivity index (χ4n) is 0.346. The second-order valence-corrected chi connectivity index (χ2v) is 13.8. The van der Waals surface area contributed by atoms with Gasteiger partial charge in [-0.3, -0.25) is 4.79 Å². The molecule has 0 spiro atoms. The first-order chi connectivity index (χ1) is 5.37. The molecule has 12 heavy (non-hydrogen) atoms. The van der Waals surface area contributed by atoms with Gasteiger partial charge in [0.1, 0.15) is 0 Å². The molecule has 0 radical (unpaired) electrons. The molecule has 0 rings (SSSR count). The van der Waals surface area contributed by atoms with E-state index < -0.39 is 18.2 Å².